The Morgan fingerprint density at radius 1 is 1.12 bits per heavy atom. The van der Waals surface area contributed by atoms with E-state index in [1.807, 2.05) is 0 Å². The molecule has 0 bridgehead atoms. The van der Waals surface area contributed by atoms with Crippen molar-refractivity contribution < 1.29 is 18.0 Å². The number of halogens is 3. The number of benzene rings is 1. The number of oxime groups is 1. The molecule has 2 nitrogen and oxygen atoms in total. The Hall–Kier alpha value is -1.52. The fourth-order valence-electron chi connectivity index (χ4n) is 1.11. The molecule has 0 amide bonds. The summed E-state index contributed by atoms with van der Waals surface area (Å²) < 4.78 is 37.8. The van der Waals surface area contributed by atoms with Crippen LogP contribution in [0.3, 0.4) is 0 Å². The van der Waals surface area contributed by atoms with Crippen molar-refractivity contribution in [2.75, 3.05) is 0 Å². The van der Waals surface area contributed by atoms with Crippen LogP contribution in [0.25, 0.3) is 0 Å². The summed E-state index contributed by atoms with van der Waals surface area (Å²) in [5.41, 5.74) is -1.26. The van der Waals surface area contributed by atoms with Gasteiger partial charge in [0.1, 0.15) is 5.60 Å². The Morgan fingerprint density at radius 3 is 2.24 bits per heavy atom. The maximum absolute atomic E-state index is 12.6. The van der Waals surface area contributed by atoms with Crippen molar-refractivity contribution in [1.82, 2.24) is 0 Å². The molecule has 0 aliphatic heterocycles. The van der Waals surface area contributed by atoms with Gasteiger partial charge in [-0.25, -0.2) is 0 Å². The van der Waals surface area contributed by atoms with E-state index in [0.29, 0.717) is 0 Å². The third kappa shape index (κ3) is 4.46. The molecule has 1 aromatic rings. The fourth-order valence-corrected chi connectivity index (χ4v) is 1.11. The van der Waals surface area contributed by atoms with E-state index in [1.165, 1.54) is 18.2 Å². The van der Waals surface area contributed by atoms with Crippen LogP contribution >= 0.6 is 0 Å². The Balaban J connectivity index is 2.92. The molecular weight excluding hydrogens is 231 g/mol. The van der Waals surface area contributed by atoms with Crippen molar-refractivity contribution in [1.29, 1.82) is 0 Å². The van der Waals surface area contributed by atoms with E-state index >= 15 is 0 Å². The second-order valence-electron chi connectivity index (χ2n) is 4.52. The highest BCUT2D eigenvalue weighted by Crippen LogP contribution is 2.31. The summed E-state index contributed by atoms with van der Waals surface area (Å²) in [4.78, 5) is 5.00. The molecule has 17 heavy (non-hydrogen) atoms. The molecule has 0 aliphatic carbocycles. The molecule has 0 N–H and O–H groups in total. The molecule has 0 fully saturated rings. The molecule has 0 aromatic heterocycles. The van der Waals surface area contributed by atoms with Crippen molar-refractivity contribution in [3.63, 3.8) is 0 Å². The van der Waals surface area contributed by atoms with E-state index in [9.17, 15) is 13.2 Å². The smallest absolute Gasteiger partial charge is 0.390 e. The third-order valence-corrected chi connectivity index (χ3v) is 1.78. The zero-order chi connectivity index (χ0) is 13.1. The second kappa shape index (κ2) is 4.77. The summed E-state index contributed by atoms with van der Waals surface area (Å²) >= 11 is 0. The first-order valence-corrected chi connectivity index (χ1v) is 5.08. The lowest BCUT2D eigenvalue weighted by molar-refractivity contribution is -0.137. The van der Waals surface area contributed by atoms with Gasteiger partial charge in [0.2, 0.25) is 0 Å². The minimum absolute atomic E-state index is 0.00995. The van der Waals surface area contributed by atoms with Crippen LogP contribution in [0.1, 0.15) is 31.9 Å². The normalized spacial score (nSPS) is 13.1. The minimum atomic E-state index is -4.38. The Kier molecular flexibility index (Phi) is 3.80. The van der Waals surface area contributed by atoms with Crippen LogP contribution in [0.5, 0.6) is 0 Å². The minimum Gasteiger partial charge on any atom is -0.390 e. The lowest BCUT2D eigenvalue weighted by Gasteiger charge is -2.15. The van der Waals surface area contributed by atoms with Crippen molar-refractivity contribution in [2.24, 2.45) is 5.16 Å². The van der Waals surface area contributed by atoms with Crippen LogP contribution in [0, 0.1) is 0 Å². The topological polar surface area (TPSA) is 21.6 Å². The quantitative estimate of drug-likeness (QED) is 0.572. The summed E-state index contributed by atoms with van der Waals surface area (Å²) in [6.07, 6.45) is -3.31. The first-order valence-electron chi connectivity index (χ1n) is 5.08. The fraction of sp³-hybridized carbons (Fsp3) is 0.417. The monoisotopic (exact) mass is 245 g/mol. The van der Waals surface area contributed by atoms with E-state index in [0.717, 1.165) is 12.3 Å². The van der Waals surface area contributed by atoms with Crippen molar-refractivity contribution in [3.8, 4) is 0 Å². The molecule has 5 heteroatoms. The summed E-state index contributed by atoms with van der Waals surface area (Å²) in [5.74, 6) is 0. The number of hydrogen-bond acceptors (Lipinski definition) is 2. The van der Waals surface area contributed by atoms with Gasteiger partial charge >= 0.3 is 6.18 Å². The Morgan fingerprint density at radius 2 is 1.71 bits per heavy atom. The van der Waals surface area contributed by atoms with E-state index in [-0.39, 0.29) is 5.56 Å². The van der Waals surface area contributed by atoms with E-state index in [4.69, 9.17) is 4.84 Å². The van der Waals surface area contributed by atoms with Crippen LogP contribution in [-0.2, 0) is 11.0 Å². The van der Waals surface area contributed by atoms with E-state index in [2.05, 4.69) is 5.16 Å². The molecule has 0 heterocycles. The lowest BCUT2D eigenvalue weighted by atomic mass is 10.1. The first kappa shape index (κ1) is 13.5. The molecule has 0 spiro atoms. The van der Waals surface area contributed by atoms with Crippen LogP contribution < -0.4 is 0 Å². The number of nitrogens with zero attached hydrogens (tertiary/aromatic N) is 1. The van der Waals surface area contributed by atoms with Gasteiger partial charge in [-0.1, -0.05) is 23.4 Å². The highest BCUT2D eigenvalue weighted by Gasteiger charge is 2.32. The maximum Gasteiger partial charge on any atom is 0.417 e. The first-order chi connectivity index (χ1) is 7.70. The summed E-state index contributed by atoms with van der Waals surface area (Å²) in [6, 6.07) is 5.22. The molecule has 0 radical (unpaired) electrons. The number of alkyl halides is 3. The van der Waals surface area contributed by atoms with E-state index in [1.54, 1.807) is 20.8 Å². The van der Waals surface area contributed by atoms with Gasteiger partial charge in [0.15, 0.2) is 0 Å². The molecule has 0 saturated heterocycles. The maximum atomic E-state index is 12.6. The van der Waals surface area contributed by atoms with Crippen LogP contribution in [0.15, 0.2) is 29.4 Å². The van der Waals surface area contributed by atoms with E-state index < -0.39 is 17.3 Å². The predicted molar refractivity (Wildman–Crippen MR) is 59.9 cm³/mol. The summed E-state index contributed by atoms with van der Waals surface area (Å²) in [7, 11) is 0. The average Bonchev–Trinajstić information content (AvgIpc) is 2.15. The van der Waals surface area contributed by atoms with Crippen LogP contribution in [-0.4, -0.2) is 11.8 Å². The van der Waals surface area contributed by atoms with Crippen molar-refractivity contribution >= 4 is 6.21 Å². The SMILES string of the molecule is CC(C)(C)ON=Cc1ccccc1C(F)(F)F. The van der Waals surface area contributed by atoms with Gasteiger partial charge in [0.25, 0.3) is 0 Å². The van der Waals surface area contributed by atoms with Crippen molar-refractivity contribution in [2.45, 2.75) is 32.5 Å². The third-order valence-electron chi connectivity index (χ3n) is 1.78. The zero-order valence-corrected chi connectivity index (χ0v) is 9.88. The van der Waals surface area contributed by atoms with Gasteiger partial charge < -0.3 is 4.84 Å². The summed E-state index contributed by atoms with van der Waals surface area (Å²) in [5, 5.41) is 3.56. The molecular formula is C12H14F3NO. The molecule has 0 unspecified atom stereocenters. The average molecular weight is 245 g/mol. The number of hydrogen-bond donors (Lipinski definition) is 0. The van der Waals surface area contributed by atoms with Gasteiger partial charge in [0, 0.05) is 5.56 Å². The molecule has 1 rings (SSSR count). The number of rotatable bonds is 2. The highest BCUT2D eigenvalue weighted by atomic mass is 19.4. The van der Waals surface area contributed by atoms with Crippen LogP contribution in [0.2, 0.25) is 0 Å². The van der Waals surface area contributed by atoms with Gasteiger partial charge in [-0.3, -0.25) is 0 Å². The van der Waals surface area contributed by atoms with Gasteiger partial charge in [-0.05, 0) is 26.8 Å². The molecule has 94 valence electrons. The molecule has 1 aromatic carbocycles. The summed E-state index contributed by atoms with van der Waals surface area (Å²) in [6.45, 7) is 5.29. The molecule has 0 saturated carbocycles. The largest absolute Gasteiger partial charge is 0.417 e. The lowest BCUT2D eigenvalue weighted by Crippen LogP contribution is -2.16. The zero-order valence-electron chi connectivity index (χ0n) is 9.88. The van der Waals surface area contributed by atoms with Crippen LogP contribution in [0.4, 0.5) is 13.2 Å². The van der Waals surface area contributed by atoms with Gasteiger partial charge in [-0.2, -0.15) is 13.2 Å². The Bertz CT molecular complexity index is 405. The van der Waals surface area contributed by atoms with Gasteiger partial charge in [-0.15, -0.1) is 0 Å². The molecule has 0 atom stereocenters. The van der Waals surface area contributed by atoms with Crippen molar-refractivity contribution in [3.05, 3.63) is 35.4 Å². The highest BCUT2D eigenvalue weighted by molar-refractivity contribution is 5.81. The van der Waals surface area contributed by atoms with Gasteiger partial charge in [0.05, 0.1) is 11.8 Å². The molecule has 0 aliphatic rings. The predicted octanol–water partition coefficient (Wildman–Crippen LogP) is 3.85. The Labute approximate surface area is 98.1 Å². The second-order valence-corrected chi connectivity index (χ2v) is 4.52. The standard InChI is InChI=1S/C12H14F3NO/c1-11(2,3)17-16-8-9-6-4-5-7-10(9)12(13,14)15/h4-8H,1-3H3.